The second-order valence-electron chi connectivity index (χ2n) is 5.01. The molecule has 0 saturated heterocycles. The van der Waals surface area contributed by atoms with Crippen LogP contribution in [0.1, 0.15) is 49.6 Å². The number of hydrogen-bond acceptors (Lipinski definition) is 1. The Labute approximate surface area is 106 Å². The molecule has 0 saturated carbocycles. The first kappa shape index (κ1) is 12.0. The molecule has 0 fully saturated rings. The molecule has 0 amide bonds. The Morgan fingerprint density at radius 3 is 2.50 bits per heavy atom. The zero-order valence-corrected chi connectivity index (χ0v) is 11.9. The maximum Gasteiger partial charge on any atom is 0.120 e. The lowest BCUT2D eigenvalue weighted by Gasteiger charge is -2.12. The fourth-order valence-corrected chi connectivity index (χ4v) is 3.23. The van der Waals surface area contributed by atoms with Crippen LogP contribution in [0.3, 0.4) is 0 Å². The van der Waals surface area contributed by atoms with Gasteiger partial charge in [-0.15, -0.1) is 0 Å². The number of hydrogen-bond donors (Lipinski definition) is 0. The first-order chi connectivity index (χ1) is 7.50. The minimum atomic E-state index is 0.239. The van der Waals surface area contributed by atoms with Crippen LogP contribution in [0.2, 0.25) is 0 Å². The summed E-state index contributed by atoms with van der Waals surface area (Å²) in [4.78, 5) is 0.466. The molecule has 0 spiro atoms. The van der Waals surface area contributed by atoms with Crippen molar-refractivity contribution in [3.05, 3.63) is 29.3 Å². The highest BCUT2D eigenvalue weighted by atomic mass is 79.9. The summed E-state index contributed by atoms with van der Waals surface area (Å²) in [6.45, 7) is 8.72. The molecule has 88 valence electrons. The highest BCUT2D eigenvalue weighted by Crippen LogP contribution is 2.50. The lowest BCUT2D eigenvalue weighted by molar-refractivity contribution is 0.242. The lowest BCUT2D eigenvalue weighted by atomic mass is 9.97. The summed E-state index contributed by atoms with van der Waals surface area (Å²) in [5.41, 5.74) is 2.86. The van der Waals surface area contributed by atoms with E-state index < -0.39 is 0 Å². The van der Waals surface area contributed by atoms with Crippen molar-refractivity contribution in [1.29, 1.82) is 0 Å². The molecule has 1 nitrogen and oxygen atoms in total. The largest absolute Gasteiger partial charge is 0.491 e. The van der Waals surface area contributed by atoms with Gasteiger partial charge >= 0.3 is 0 Å². The van der Waals surface area contributed by atoms with Gasteiger partial charge in [0.15, 0.2) is 0 Å². The minimum absolute atomic E-state index is 0.239. The number of alkyl halides is 1. The van der Waals surface area contributed by atoms with Crippen LogP contribution in [0.5, 0.6) is 5.75 Å². The molecule has 0 radical (unpaired) electrons. The SMILES string of the molecule is CC(C)Oc1ccc2c(c1)C(Br)C(C)C2C. The van der Waals surface area contributed by atoms with Crippen molar-refractivity contribution >= 4 is 15.9 Å². The number of halogens is 1. The number of rotatable bonds is 2. The average molecular weight is 283 g/mol. The summed E-state index contributed by atoms with van der Waals surface area (Å²) in [5, 5.41) is 0. The molecule has 2 heteroatoms. The molecule has 3 unspecified atom stereocenters. The molecule has 0 bridgehead atoms. The van der Waals surface area contributed by atoms with E-state index >= 15 is 0 Å². The van der Waals surface area contributed by atoms with Gasteiger partial charge in [0.2, 0.25) is 0 Å². The quantitative estimate of drug-likeness (QED) is 0.717. The Balaban J connectivity index is 2.34. The van der Waals surface area contributed by atoms with Gasteiger partial charge in [0, 0.05) is 4.83 Å². The molecule has 0 aromatic heterocycles. The molecule has 1 aromatic carbocycles. The summed E-state index contributed by atoms with van der Waals surface area (Å²) in [7, 11) is 0. The topological polar surface area (TPSA) is 9.23 Å². The summed E-state index contributed by atoms with van der Waals surface area (Å²) in [6, 6.07) is 6.50. The van der Waals surface area contributed by atoms with Crippen LogP contribution < -0.4 is 4.74 Å². The Morgan fingerprint density at radius 1 is 1.19 bits per heavy atom. The Bertz CT molecular complexity index is 386. The maximum absolute atomic E-state index is 5.74. The van der Waals surface area contributed by atoms with Crippen molar-refractivity contribution in [2.75, 3.05) is 0 Å². The zero-order valence-electron chi connectivity index (χ0n) is 10.3. The summed E-state index contributed by atoms with van der Waals surface area (Å²) in [5.74, 6) is 2.27. The van der Waals surface area contributed by atoms with Crippen molar-refractivity contribution in [3.8, 4) is 5.75 Å². The van der Waals surface area contributed by atoms with E-state index in [1.54, 1.807) is 0 Å². The van der Waals surface area contributed by atoms with Gasteiger partial charge < -0.3 is 4.74 Å². The van der Waals surface area contributed by atoms with E-state index in [-0.39, 0.29) is 6.10 Å². The van der Waals surface area contributed by atoms with Crippen LogP contribution in [-0.2, 0) is 0 Å². The Hall–Kier alpha value is -0.500. The molecule has 1 aromatic rings. The fourth-order valence-electron chi connectivity index (χ4n) is 2.37. The highest BCUT2D eigenvalue weighted by molar-refractivity contribution is 9.09. The standard InChI is InChI=1S/C14H19BrO/c1-8(2)16-11-5-6-12-9(3)10(4)14(15)13(12)7-11/h5-10,14H,1-4H3. The number of ether oxygens (including phenoxy) is 1. The molecule has 1 aliphatic carbocycles. The van der Waals surface area contributed by atoms with E-state index in [1.165, 1.54) is 11.1 Å². The van der Waals surface area contributed by atoms with Crippen molar-refractivity contribution in [3.63, 3.8) is 0 Å². The third-order valence-electron chi connectivity index (χ3n) is 3.47. The molecule has 0 heterocycles. The molecular formula is C14H19BrO. The first-order valence-electron chi connectivity index (χ1n) is 5.95. The van der Waals surface area contributed by atoms with Crippen LogP contribution in [0, 0.1) is 5.92 Å². The predicted octanol–water partition coefficient (Wildman–Crippen LogP) is 4.66. The van der Waals surface area contributed by atoms with Crippen LogP contribution in [0.25, 0.3) is 0 Å². The van der Waals surface area contributed by atoms with Crippen LogP contribution in [-0.4, -0.2) is 6.10 Å². The molecule has 0 N–H and O–H groups in total. The van der Waals surface area contributed by atoms with Gasteiger partial charge in [0.05, 0.1) is 6.10 Å². The predicted molar refractivity (Wildman–Crippen MR) is 71.5 cm³/mol. The smallest absolute Gasteiger partial charge is 0.120 e. The van der Waals surface area contributed by atoms with Crippen LogP contribution >= 0.6 is 15.9 Å². The second kappa shape index (κ2) is 4.40. The Morgan fingerprint density at radius 2 is 1.88 bits per heavy atom. The lowest BCUT2D eigenvalue weighted by Crippen LogP contribution is -2.05. The molecule has 2 rings (SSSR count). The van der Waals surface area contributed by atoms with Crippen molar-refractivity contribution in [2.24, 2.45) is 5.92 Å². The van der Waals surface area contributed by atoms with E-state index in [4.69, 9.17) is 4.74 Å². The monoisotopic (exact) mass is 282 g/mol. The van der Waals surface area contributed by atoms with Crippen LogP contribution in [0.4, 0.5) is 0 Å². The van der Waals surface area contributed by atoms with Gasteiger partial charge in [-0.25, -0.2) is 0 Å². The average Bonchev–Trinajstić information content (AvgIpc) is 2.43. The molecule has 16 heavy (non-hydrogen) atoms. The molecule has 1 aliphatic rings. The van der Waals surface area contributed by atoms with E-state index in [1.807, 2.05) is 0 Å². The van der Waals surface area contributed by atoms with E-state index in [9.17, 15) is 0 Å². The van der Waals surface area contributed by atoms with Crippen molar-refractivity contribution < 1.29 is 4.74 Å². The molecule has 0 aliphatic heterocycles. The Kier molecular flexibility index (Phi) is 3.29. The van der Waals surface area contributed by atoms with Gasteiger partial charge in [0.1, 0.15) is 5.75 Å². The van der Waals surface area contributed by atoms with Gasteiger partial charge in [0.25, 0.3) is 0 Å². The van der Waals surface area contributed by atoms with Crippen molar-refractivity contribution in [1.82, 2.24) is 0 Å². The van der Waals surface area contributed by atoms with E-state index in [0.717, 1.165) is 5.75 Å². The van der Waals surface area contributed by atoms with E-state index in [2.05, 4.69) is 61.8 Å². The molecule has 3 atom stereocenters. The third kappa shape index (κ3) is 2.00. The molecular weight excluding hydrogens is 264 g/mol. The summed E-state index contributed by atoms with van der Waals surface area (Å²) >= 11 is 3.79. The summed E-state index contributed by atoms with van der Waals surface area (Å²) in [6.07, 6.45) is 0.239. The van der Waals surface area contributed by atoms with Gasteiger partial charge in [-0.05, 0) is 48.9 Å². The summed E-state index contributed by atoms with van der Waals surface area (Å²) < 4.78 is 5.74. The first-order valence-corrected chi connectivity index (χ1v) is 6.87. The fraction of sp³-hybridized carbons (Fsp3) is 0.571. The maximum atomic E-state index is 5.74. The zero-order chi connectivity index (χ0) is 11.9. The number of benzene rings is 1. The van der Waals surface area contributed by atoms with E-state index in [0.29, 0.717) is 16.7 Å². The van der Waals surface area contributed by atoms with Gasteiger partial charge in [-0.2, -0.15) is 0 Å². The minimum Gasteiger partial charge on any atom is -0.491 e. The second-order valence-corrected chi connectivity index (χ2v) is 5.99. The van der Waals surface area contributed by atoms with Gasteiger partial charge in [-0.3, -0.25) is 0 Å². The third-order valence-corrected chi connectivity index (χ3v) is 4.80. The van der Waals surface area contributed by atoms with Gasteiger partial charge in [-0.1, -0.05) is 35.8 Å². The van der Waals surface area contributed by atoms with Crippen LogP contribution in [0.15, 0.2) is 18.2 Å². The normalized spacial score (nSPS) is 28.2. The number of fused-ring (bicyclic) bond motifs is 1. The highest BCUT2D eigenvalue weighted by Gasteiger charge is 2.33. The van der Waals surface area contributed by atoms with Crippen molar-refractivity contribution in [2.45, 2.75) is 44.5 Å².